The maximum atomic E-state index is 10.7. The fourth-order valence-electron chi connectivity index (χ4n) is 1.77. The summed E-state index contributed by atoms with van der Waals surface area (Å²) < 4.78 is 2.18. The highest BCUT2D eigenvalue weighted by Crippen LogP contribution is 2.35. The molecule has 0 unspecified atom stereocenters. The van der Waals surface area contributed by atoms with E-state index in [1.807, 2.05) is 24.3 Å². The highest BCUT2D eigenvalue weighted by molar-refractivity contribution is 7.24. The highest BCUT2D eigenvalue weighted by Gasteiger charge is 2.08. The Morgan fingerprint density at radius 2 is 1.69 bits per heavy atom. The van der Waals surface area contributed by atoms with Crippen molar-refractivity contribution in [2.75, 3.05) is 0 Å². The maximum Gasteiger partial charge on any atom is 0.160 e. The molecule has 0 saturated heterocycles. The quantitative estimate of drug-likeness (QED) is 0.645. The van der Waals surface area contributed by atoms with E-state index in [0.29, 0.717) is 0 Å². The third kappa shape index (κ3) is 1.31. The Hall–Kier alpha value is -1.52. The van der Waals surface area contributed by atoms with Crippen LogP contribution in [0.4, 0.5) is 0 Å². The van der Waals surface area contributed by atoms with Gasteiger partial charge in [-0.05, 0) is 23.6 Å². The molecule has 0 aliphatic carbocycles. The van der Waals surface area contributed by atoms with E-state index in [4.69, 9.17) is 0 Å². The normalized spacial score (nSPS) is 11.0. The van der Waals surface area contributed by atoms with Crippen LogP contribution in [-0.2, 0) is 0 Å². The van der Waals surface area contributed by atoms with E-state index in [0.717, 1.165) is 42.5 Å². The van der Waals surface area contributed by atoms with Crippen molar-refractivity contribution in [3.63, 3.8) is 0 Å². The van der Waals surface area contributed by atoms with Crippen molar-refractivity contribution >= 4 is 55.4 Å². The highest BCUT2D eigenvalue weighted by atomic mass is 32.1. The molecule has 2 heterocycles. The zero-order chi connectivity index (χ0) is 11.1. The molecule has 0 saturated carbocycles. The predicted molar refractivity (Wildman–Crippen MR) is 68.0 cm³/mol. The molecule has 3 rings (SSSR count). The van der Waals surface area contributed by atoms with Gasteiger partial charge in [0.25, 0.3) is 0 Å². The van der Waals surface area contributed by atoms with Gasteiger partial charge in [0, 0.05) is 14.8 Å². The molecule has 4 heteroatoms. The molecule has 0 N–H and O–H groups in total. The zero-order valence-electron chi connectivity index (χ0n) is 8.10. The average molecular weight is 246 g/mol. The Labute approximate surface area is 99.1 Å². The molecule has 0 aliphatic rings. The molecule has 0 atom stereocenters. The van der Waals surface area contributed by atoms with Crippen molar-refractivity contribution in [2.24, 2.45) is 0 Å². The maximum absolute atomic E-state index is 10.7. The summed E-state index contributed by atoms with van der Waals surface area (Å²) in [6.45, 7) is 0. The van der Waals surface area contributed by atoms with Gasteiger partial charge < -0.3 is 0 Å². The van der Waals surface area contributed by atoms with E-state index in [9.17, 15) is 9.59 Å². The molecule has 0 aliphatic heterocycles. The van der Waals surface area contributed by atoms with Crippen LogP contribution in [0.25, 0.3) is 20.2 Å². The number of aldehydes is 2. The van der Waals surface area contributed by atoms with Gasteiger partial charge in [-0.25, -0.2) is 0 Å². The molecule has 0 spiro atoms. The summed E-state index contributed by atoms with van der Waals surface area (Å²) in [5.41, 5.74) is 0. The third-order valence-corrected chi connectivity index (χ3v) is 4.59. The topological polar surface area (TPSA) is 34.1 Å². The van der Waals surface area contributed by atoms with Crippen molar-refractivity contribution in [3.05, 3.63) is 34.0 Å². The summed E-state index contributed by atoms with van der Waals surface area (Å²) in [7, 11) is 0. The van der Waals surface area contributed by atoms with Crippen molar-refractivity contribution in [1.82, 2.24) is 0 Å². The monoisotopic (exact) mass is 246 g/mol. The van der Waals surface area contributed by atoms with Crippen LogP contribution in [0.1, 0.15) is 19.3 Å². The number of carbonyl (C=O) groups is 2. The zero-order valence-corrected chi connectivity index (χ0v) is 9.73. The molecule has 0 amide bonds. The standard InChI is InChI=1S/C12H6O2S2/c13-5-8-3-7-1-2-11-10(12(7)16-8)4-9(6-14)15-11/h1-6H. The van der Waals surface area contributed by atoms with E-state index in [1.165, 1.54) is 22.7 Å². The van der Waals surface area contributed by atoms with Crippen LogP contribution < -0.4 is 0 Å². The summed E-state index contributed by atoms with van der Waals surface area (Å²) in [5, 5.41) is 2.14. The van der Waals surface area contributed by atoms with Crippen molar-refractivity contribution < 1.29 is 9.59 Å². The average Bonchev–Trinajstić information content (AvgIpc) is 2.90. The number of thiophene rings is 2. The fourth-order valence-corrected chi connectivity index (χ4v) is 3.71. The Kier molecular flexibility index (Phi) is 2.12. The van der Waals surface area contributed by atoms with Gasteiger partial charge in [-0.1, -0.05) is 6.07 Å². The number of rotatable bonds is 2. The molecule has 16 heavy (non-hydrogen) atoms. The number of fused-ring (bicyclic) bond motifs is 3. The van der Waals surface area contributed by atoms with Crippen LogP contribution in [0.2, 0.25) is 0 Å². The molecule has 0 bridgehead atoms. The minimum Gasteiger partial charge on any atom is -0.297 e. The summed E-state index contributed by atoms with van der Waals surface area (Å²) >= 11 is 2.95. The summed E-state index contributed by atoms with van der Waals surface area (Å²) in [6.07, 6.45) is 1.73. The van der Waals surface area contributed by atoms with Gasteiger partial charge in [0.1, 0.15) is 0 Å². The molecule has 1 aromatic carbocycles. The van der Waals surface area contributed by atoms with Gasteiger partial charge >= 0.3 is 0 Å². The largest absolute Gasteiger partial charge is 0.297 e. The Morgan fingerprint density at radius 3 is 2.44 bits per heavy atom. The lowest BCUT2D eigenvalue weighted by Crippen LogP contribution is -1.64. The second-order valence-corrected chi connectivity index (χ2v) is 5.63. The second kappa shape index (κ2) is 3.50. The van der Waals surface area contributed by atoms with E-state index in [1.54, 1.807) is 0 Å². The number of hydrogen-bond acceptors (Lipinski definition) is 4. The first kappa shape index (κ1) is 9.69. The van der Waals surface area contributed by atoms with Crippen LogP contribution in [0.15, 0.2) is 24.3 Å². The van der Waals surface area contributed by atoms with Gasteiger partial charge in [-0.2, -0.15) is 0 Å². The summed E-state index contributed by atoms with van der Waals surface area (Å²) in [6, 6.07) is 7.76. The third-order valence-electron chi connectivity index (χ3n) is 2.45. The molecule has 3 aromatic rings. The smallest absolute Gasteiger partial charge is 0.160 e. The first-order chi connectivity index (χ1) is 7.81. The van der Waals surface area contributed by atoms with Crippen LogP contribution in [0.5, 0.6) is 0 Å². The van der Waals surface area contributed by atoms with Gasteiger partial charge in [-0.15, -0.1) is 22.7 Å². The van der Waals surface area contributed by atoms with Crippen molar-refractivity contribution in [3.8, 4) is 0 Å². The summed E-state index contributed by atoms with van der Waals surface area (Å²) in [5.74, 6) is 0. The lowest BCUT2D eigenvalue weighted by Gasteiger charge is -1.90. The van der Waals surface area contributed by atoms with E-state index < -0.39 is 0 Å². The predicted octanol–water partition coefficient (Wildman–Crippen LogP) is 3.74. The molecule has 78 valence electrons. The van der Waals surface area contributed by atoms with Crippen molar-refractivity contribution in [2.45, 2.75) is 0 Å². The minimum atomic E-state index is 0.723. The molecule has 2 nitrogen and oxygen atoms in total. The van der Waals surface area contributed by atoms with Crippen LogP contribution in [-0.4, -0.2) is 12.6 Å². The minimum absolute atomic E-state index is 0.723. The van der Waals surface area contributed by atoms with Crippen LogP contribution in [0, 0.1) is 0 Å². The van der Waals surface area contributed by atoms with E-state index in [-0.39, 0.29) is 0 Å². The molecule has 0 radical (unpaired) electrons. The van der Waals surface area contributed by atoms with Gasteiger partial charge in [-0.3, -0.25) is 9.59 Å². The molecular weight excluding hydrogens is 240 g/mol. The van der Waals surface area contributed by atoms with Gasteiger partial charge in [0.2, 0.25) is 0 Å². The fraction of sp³-hybridized carbons (Fsp3) is 0. The first-order valence-corrected chi connectivity index (χ1v) is 6.31. The van der Waals surface area contributed by atoms with E-state index >= 15 is 0 Å². The van der Waals surface area contributed by atoms with Crippen molar-refractivity contribution in [1.29, 1.82) is 0 Å². The van der Waals surface area contributed by atoms with Gasteiger partial charge in [0.05, 0.1) is 9.75 Å². The Bertz CT molecular complexity index is 645. The molecule has 2 aromatic heterocycles. The van der Waals surface area contributed by atoms with Crippen LogP contribution >= 0.6 is 22.7 Å². The number of hydrogen-bond donors (Lipinski definition) is 0. The van der Waals surface area contributed by atoms with E-state index in [2.05, 4.69) is 0 Å². The molecular formula is C12H6O2S2. The summed E-state index contributed by atoms with van der Waals surface area (Å²) in [4.78, 5) is 22.9. The number of benzene rings is 1. The molecule has 0 fully saturated rings. The lowest BCUT2D eigenvalue weighted by molar-refractivity contribution is 0.111. The van der Waals surface area contributed by atoms with Crippen LogP contribution in [0.3, 0.4) is 0 Å². The Balaban J connectivity index is 2.46. The number of carbonyl (C=O) groups excluding carboxylic acids is 2. The first-order valence-electron chi connectivity index (χ1n) is 4.68. The SMILES string of the molecule is O=Cc1cc2c(ccc3cc(C=O)sc32)s1. The second-order valence-electron chi connectivity index (χ2n) is 3.43. The van der Waals surface area contributed by atoms with Gasteiger partial charge in [0.15, 0.2) is 12.6 Å². The lowest BCUT2D eigenvalue weighted by atomic mass is 10.2. The Morgan fingerprint density at radius 1 is 0.938 bits per heavy atom.